The van der Waals surface area contributed by atoms with E-state index < -0.39 is 0 Å². The average molecular weight is 285 g/mol. The number of phenols is 1. The molecule has 0 heterocycles. The van der Waals surface area contributed by atoms with E-state index in [1.807, 2.05) is 31.2 Å². The van der Waals surface area contributed by atoms with Crippen molar-refractivity contribution >= 4 is 11.6 Å². The second-order valence-corrected chi connectivity index (χ2v) is 4.78. The number of nitrogens with one attached hydrogen (secondary N) is 1. The molecule has 110 valence electrons. The number of para-hydroxylation sites is 3. The number of anilines is 1. The first-order valence-corrected chi connectivity index (χ1v) is 6.93. The Labute approximate surface area is 124 Å². The Morgan fingerprint density at radius 1 is 1.14 bits per heavy atom. The van der Waals surface area contributed by atoms with Crippen molar-refractivity contribution in [1.29, 1.82) is 0 Å². The smallest absolute Gasteiger partial charge is 0.224 e. The molecule has 0 atom stereocenters. The number of aryl methyl sites for hydroxylation is 1. The molecule has 0 aliphatic rings. The van der Waals surface area contributed by atoms with Crippen LogP contribution in [-0.2, 0) is 4.79 Å². The van der Waals surface area contributed by atoms with E-state index in [9.17, 15) is 9.90 Å². The van der Waals surface area contributed by atoms with Crippen molar-refractivity contribution in [3.05, 3.63) is 54.1 Å². The van der Waals surface area contributed by atoms with E-state index in [4.69, 9.17) is 4.74 Å². The predicted molar refractivity (Wildman–Crippen MR) is 82.6 cm³/mol. The minimum Gasteiger partial charge on any atom is -0.506 e. The molecule has 4 heteroatoms. The Bertz CT molecular complexity index is 610. The van der Waals surface area contributed by atoms with Gasteiger partial charge in [-0.05, 0) is 37.1 Å². The summed E-state index contributed by atoms with van der Waals surface area (Å²) in [7, 11) is 0. The van der Waals surface area contributed by atoms with Crippen LogP contribution in [0.2, 0.25) is 0 Å². The number of rotatable bonds is 6. The van der Waals surface area contributed by atoms with Gasteiger partial charge < -0.3 is 15.2 Å². The zero-order chi connectivity index (χ0) is 15.1. The van der Waals surface area contributed by atoms with Crippen molar-refractivity contribution in [1.82, 2.24) is 0 Å². The number of phenolic OH excluding ortho intramolecular Hbond substituents is 1. The molecule has 0 saturated carbocycles. The lowest BCUT2D eigenvalue weighted by molar-refractivity contribution is -0.116. The standard InChI is InChI=1S/C17H19NO3/c1-13-7-2-5-10-16(13)21-12-6-11-17(20)18-14-8-3-4-9-15(14)19/h2-5,7-10,19H,6,11-12H2,1H3,(H,18,20). The van der Waals surface area contributed by atoms with Crippen LogP contribution in [-0.4, -0.2) is 17.6 Å². The number of amides is 1. The third-order valence-corrected chi connectivity index (χ3v) is 3.08. The van der Waals surface area contributed by atoms with Crippen molar-refractivity contribution in [2.75, 3.05) is 11.9 Å². The molecule has 1 amide bonds. The van der Waals surface area contributed by atoms with Crippen molar-refractivity contribution < 1.29 is 14.6 Å². The van der Waals surface area contributed by atoms with Crippen LogP contribution in [0, 0.1) is 6.92 Å². The van der Waals surface area contributed by atoms with E-state index in [1.165, 1.54) is 6.07 Å². The van der Waals surface area contributed by atoms with Crippen molar-refractivity contribution in [3.63, 3.8) is 0 Å². The Hall–Kier alpha value is -2.49. The number of hydrogen-bond donors (Lipinski definition) is 2. The molecule has 0 aromatic heterocycles. The molecule has 2 aromatic carbocycles. The molecule has 0 saturated heterocycles. The molecule has 0 radical (unpaired) electrons. The van der Waals surface area contributed by atoms with Crippen LogP contribution in [0.5, 0.6) is 11.5 Å². The Balaban J connectivity index is 1.73. The molecule has 0 unspecified atom stereocenters. The van der Waals surface area contributed by atoms with Gasteiger partial charge in [-0.2, -0.15) is 0 Å². The second-order valence-electron chi connectivity index (χ2n) is 4.78. The van der Waals surface area contributed by atoms with Gasteiger partial charge in [-0.25, -0.2) is 0 Å². The summed E-state index contributed by atoms with van der Waals surface area (Å²) >= 11 is 0. The summed E-state index contributed by atoms with van der Waals surface area (Å²) < 4.78 is 5.63. The lowest BCUT2D eigenvalue weighted by Crippen LogP contribution is -2.13. The largest absolute Gasteiger partial charge is 0.506 e. The van der Waals surface area contributed by atoms with Gasteiger partial charge in [-0.3, -0.25) is 4.79 Å². The van der Waals surface area contributed by atoms with Gasteiger partial charge in [0.25, 0.3) is 0 Å². The maximum Gasteiger partial charge on any atom is 0.224 e. The van der Waals surface area contributed by atoms with E-state index in [2.05, 4.69) is 5.32 Å². The summed E-state index contributed by atoms with van der Waals surface area (Å²) in [5.41, 5.74) is 1.51. The number of carbonyl (C=O) groups excluding carboxylic acids is 1. The van der Waals surface area contributed by atoms with Crippen LogP contribution < -0.4 is 10.1 Å². The summed E-state index contributed by atoms with van der Waals surface area (Å²) in [6.45, 7) is 2.47. The van der Waals surface area contributed by atoms with Gasteiger partial charge >= 0.3 is 0 Å². The summed E-state index contributed by atoms with van der Waals surface area (Å²) in [4.78, 5) is 11.8. The molecule has 0 aliphatic carbocycles. The van der Waals surface area contributed by atoms with Gasteiger partial charge in [0.1, 0.15) is 11.5 Å². The number of carbonyl (C=O) groups is 1. The number of ether oxygens (including phenoxy) is 1. The van der Waals surface area contributed by atoms with E-state index in [0.29, 0.717) is 25.1 Å². The summed E-state index contributed by atoms with van der Waals surface area (Å²) in [5, 5.41) is 12.2. The minimum absolute atomic E-state index is 0.0713. The van der Waals surface area contributed by atoms with Crippen molar-refractivity contribution in [2.45, 2.75) is 19.8 Å². The molecule has 0 aliphatic heterocycles. The van der Waals surface area contributed by atoms with E-state index >= 15 is 0 Å². The molecule has 2 aromatic rings. The molecule has 4 nitrogen and oxygen atoms in total. The van der Waals surface area contributed by atoms with Gasteiger partial charge in [0.15, 0.2) is 0 Å². The summed E-state index contributed by atoms with van der Waals surface area (Å²) in [6.07, 6.45) is 0.966. The van der Waals surface area contributed by atoms with E-state index in [0.717, 1.165) is 11.3 Å². The summed E-state index contributed by atoms with van der Waals surface area (Å²) in [6, 6.07) is 14.5. The lowest BCUT2D eigenvalue weighted by atomic mass is 10.2. The normalized spacial score (nSPS) is 10.1. The maximum atomic E-state index is 11.8. The van der Waals surface area contributed by atoms with E-state index in [1.54, 1.807) is 18.2 Å². The Kier molecular flexibility index (Phi) is 5.21. The average Bonchev–Trinajstić information content (AvgIpc) is 2.48. The molecule has 0 spiro atoms. The Morgan fingerprint density at radius 3 is 2.62 bits per heavy atom. The van der Waals surface area contributed by atoms with Gasteiger partial charge in [0, 0.05) is 6.42 Å². The third-order valence-electron chi connectivity index (χ3n) is 3.08. The van der Waals surface area contributed by atoms with Crippen LogP contribution in [0.3, 0.4) is 0 Å². The highest BCUT2D eigenvalue weighted by atomic mass is 16.5. The summed E-state index contributed by atoms with van der Waals surface area (Å²) in [5.74, 6) is 0.783. The van der Waals surface area contributed by atoms with Crippen LogP contribution in [0.1, 0.15) is 18.4 Å². The first-order valence-electron chi connectivity index (χ1n) is 6.93. The van der Waals surface area contributed by atoms with Gasteiger partial charge in [-0.1, -0.05) is 30.3 Å². The topological polar surface area (TPSA) is 58.6 Å². The predicted octanol–water partition coefficient (Wildman–Crippen LogP) is 3.50. The Morgan fingerprint density at radius 2 is 1.86 bits per heavy atom. The highest BCUT2D eigenvalue weighted by molar-refractivity contribution is 5.92. The quantitative estimate of drug-likeness (QED) is 0.631. The first kappa shape index (κ1) is 14.9. The second kappa shape index (κ2) is 7.33. The van der Waals surface area contributed by atoms with Crippen LogP contribution >= 0.6 is 0 Å². The molecule has 2 rings (SSSR count). The molecule has 0 bridgehead atoms. The minimum atomic E-state index is -0.134. The van der Waals surface area contributed by atoms with Crippen molar-refractivity contribution in [2.24, 2.45) is 0 Å². The monoisotopic (exact) mass is 285 g/mol. The fourth-order valence-corrected chi connectivity index (χ4v) is 1.93. The van der Waals surface area contributed by atoms with Gasteiger partial charge in [-0.15, -0.1) is 0 Å². The first-order chi connectivity index (χ1) is 10.2. The van der Waals surface area contributed by atoms with Crippen molar-refractivity contribution in [3.8, 4) is 11.5 Å². The number of aromatic hydroxyl groups is 1. The molecule has 0 fully saturated rings. The molecular formula is C17H19NO3. The fourth-order valence-electron chi connectivity index (χ4n) is 1.93. The highest BCUT2D eigenvalue weighted by Crippen LogP contribution is 2.21. The van der Waals surface area contributed by atoms with Crippen LogP contribution in [0.25, 0.3) is 0 Å². The third kappa shape index (κ3) is 4.53. The molecule has 21 heavy (non-hydrogen) atoms. The van der Waals surface area contributed by atoms with Gasteiger partial charge in [0.2, 0.25) is 5.91 Å². The molecular weight excluding hydrogens is 266 g/mol. The zero-order valence-electron chi connectivity index (χ0n) is 12.0. The maximum absolute atomic E-state index is 11.8. The highest BCUT2D eigenvalue weighted by Gasteiger charge is 2.06. The van der Waals surface area contributed by atoms with Crippen LogP contribution in [0.15, 0.2) is 48.5 Å². The number of benzene rings is 2. The van der Waals surface area contributed by atoms with Gasteiger partial charge in [0.05, 0.1) is 12.3 Å². The van der Waals surface area contributed by atoms with Crippen LogP contribution in [0.4, 0.5) is 5.69 Å². The molecule has 2 N–H and O–H groups in total. The fraction of sp³-hybridized carbons (Fsp3) is 0.235. The lowest BCUT2D eigenvalue weighted by Gasteiger charge is -2.09. The number of hydrogen-bond acceptors (Lipinski definition) is 3. The SMILES string of the molecule is Cc1ccccc1OCCCC(=O)Nc1ccccc1O. The van der Waals surface area contributed by atoms with E-state index in [-0.39, 0.29) is 11.7 Å². The zero-order valence-corrected chi connectivity index (χ0v) is 12.0.